The number of rotatable bonds is 4. The molecule has 0 spiro atoms. The first-order chi connectivity index (χ1) is 8.27. The van der Waals surface area contributed by atoms with Gasteiger partial charge >= 0.3 is 0 Å². The molecule has 1 fully saturated rings. The molecule has 17 heavy (non-hydrogen) atoms. The monoisotopic (exact) mass is 335 g/mol. The average molecular weight is 336 g/mol. The van der Waals surface area contributed by atoms with E-state index >= 15 is 0 Å². The molecule has 2 heterocycles. The number of nitrogens with zero attached hydrogens (tertiary/aromatic N) is 2. The maximum absolute atomic E-state index is 4.41. The van der Waals surface area contributed by atoms with Crippen molar-refractivity contribution in [2.75, 3.05) is 24.3 Å². The lowest BCUT2D eigenvalue weighted by Gasteiger charge is -2.30. The zero-order valence-electron chi connectivity index (χ0n) is 10.1. The summed E-state index contributed by atoms with van der Waals surface area (Å²) in [6, 6.07) is 0.379. The summed E-state index contributed by atoms with van der Waals surface area (Å²) in [5.74, 6) is 3.76. The van der Waals surface area contributed by atoms with Crippen molar-refractivity contribution in [2.24, 2.45) is 0 Å². The highest BCUT2D eigenvalue weighted by Crippen LogP contribution is 2.35. The first-order valence-corrected chi connectivity index (χ1v) is 8.85. The van der Waals surface area contributed by atoms with Gasteiger partial charge in [-0.2, -0.15) is 28.6 Å². The van der Waals surface area contributed by atoms with Gasteiger partial charge in [-0.25, -0.2) is 0 Å². The molecule has 1 aromatic rings. The molecule has 0 amide bonds. The number of thioether (sulfide) groups is 2. The van der Waals surface area contributed by atoms with Crippen LogP contribution in [0, 0.1) is 0 Å². The third-order valence-electron chi connectivity index (χ3n) is 2.95. The Kier molecular flexibility index (Phi) is 5.26. The number of aryl methyl sites for hydroxylation is 1. The van der Waals surface area contributed by atoms with Crippen molar-refractivity contribution in [1.29, 1.82) is 0 Å². The Morgan fingerprint density at radius 3 is 3.06 bits per heavy atom. The molecule has 1 saturated heterocycles. The lowest BCUT2D eigenvalue weighted by molar-refractivity contribution is 0.512. The second-order valence-electron chi connectivity index (χ2n) is 3.94. The lowest BCUT2D eigenvalue weighted by atomic mass is 10.1. The van der Waals surface area contributed by atoms with Gasteiger partial charge in [0.1, 0.15) is 0 Å². The Morgan fingerprint density at radius 2 is 2.47 bits per heavy atom. The fourth-order valence-electron chi connectivity index (χ4n) is 2.13. The molecular formula is C11H18BrN3S2. The zero-order valence-corrected chi connectivity index (χ0v) is 13.4. The minimum Gasteiger partial charge on any atom is -0.311 e. The zero-order chi connectivity index (χ0) is 12.3. The first-order valence-electron chi connectivity index (χ1n) is 5.85. The van der Waals surface area contributed by atoms with Crippen molar-refractivity contribution >= 4 is 39.5 Å². The molecule has 96 valence electrons. The van der Waals surface area contributed by atoms with E-state index in [1.54, 1.807) is 0 Å². The van der Waals surface area contributed by atoms with Crippen molar-refractivity contribution < 1.29 is 0 Å². The first kappa shape index (κ1) is 13.8. The van der Waals surface area contributed by atoms with Gasteiger partial charge in [-0.15, -0.1) is 0 Å². The molecule has 0 radical (unpaired) electrons. The average Bonchev–Trinajstić information content (AvgIpc) is 2.74. The van der Waals surface area contributed by atoms with Gasteiger partial charge in [-0.1, -0.05) is 0 Å². The van der Waals surface area contributed by atoms with Crippen LogP contribution in [-0.2, 0) is 6.54 Å². The van der Waals surface area contributed by atoms with Crippen molar-refractivity contribution in [3.05, 3.63) is 16.4 Å². The number of nitrogens with one attached hydrogen (secondary N) is 1. The predicted molar refractivity (Wildman–Crippen MR) is 81.0 cm³/mol. The van der Waals surface area contributed by atoms with Gasteiger partial charge in [0.15, 0.2) is 0 Å². The van der Waals surface area contributed by atoms with Gasteiger partial charge in [0, 0.05) is 29.1 Å². The molecule has 1 N–H and O–H groups in total. The molecule has 1 aliphatic heterocycles. The van der Waals surface area contributed by atoms with Crippen molar-refractivity contribution in [2.45, 2.75) is 24.8 Å². The third kappa shape index (κ3) is 3.03. The van der Waals surface area contributed by atoms with Gasteiger partial charge in [-0.05, 0) is 29.9 Å². The van der Waals surface area contributed by atoms with E-state index in [9.17, 15) is 0 Å². The lowest BCUT2D eigenvalue weighted by Crippen LogP contribution is -2.33. The van der Waals surface area contributed by atoms with E-state index in [4.69, 9.17) is 0 Å². The minimum absolute atomic E-state index is 0.379. The molecule has 2 rings (SSSR count). The molecule has 0 saturated carbocycles. The second kappa shape index (κ2) is 6.50. The van der Waals surface area contributed by atoms with E-state index in [0.717, 1.165) is 11.0 Å². The molecule has 2 unspecified atom stereocenters. The highest BCUT2D eigenvalue weighted by Gasteiger charge is 2.28. The van der Waals surface area contributed by atoms with E-state index in [1.165, 1.54) is 23.0 Å². The number of halogens is 1. The smallest absolute Gasteiger partial charge is 0.0707 e. The largest absolute Gasteiger partial charge is 0.311 e. The number of hydrogen-bond acceptors (Lipinski definition) is 4. The Morgan fingerprint density at radius 1 is 1.65 bits per heavy atom. The fraction of sp³-hybridized carbons (Fsp3) is 0.727. The van der Waals surface area contributed by atoms with E-state index in [0.29, 0.717) is 11.3 Å². The molecule has 2 atom stereocenters. The molecule has 6 heteroatoms. The normalized spacial score (nSPS) is 22.6. The minimum atomic E-state index is 0.379. The van der Waals surface area contributed by atoms with Gasteiger partial charge in [0.25, 0.3) is 0 Å². The Balaban J connectivity index is 2.23. The summed E-state index contributed by atoms with van der Waals surface area (Å²) in [5.41, 5.74) is 1.29. The molecule has 1 aromatic heterocycles. The summed E-state index contributed by atoms with van der Waals surface area (Å²) in [7, 11) is 2.05. The highest BCUT2D eigenvalue weighted by molar-refractivity contribution is 9.10. The molecule has 1 aliphatic rings. The van der Waals surface area contributed by atoms with Crippen LogP contribution < -0.4 is 5.32 Å². The standard InChI is InChI=1S/C11H18BrN3S2/c1-3-15-11(8(12)6-14-15)10(13-2)9-7-16-4-5-17-9/h6,9-10,13H,3-5,7H2,1-2H3. The summed E-state index contributed by atoms with van der Waals surface area (Å²) in [6.07, 6.45) is 1.91. The Hall–Kier alpha value is 0.350. The molecule has 0 aliphatic carbocycles. The quantitative estimate of drug-likeness (QED) is 0.916. The van der Waals surface area contributed by atoms with Crippen LogP contribution in [0.25, 0.3) is 0 Å². The van der Waals surface area contributed by atoms with Crippen LogP contribution in [0.2, 0.25) is 0 Å². The van der Waals surface area contributed by atoms with Crippen LogP contribution in [0.1, 0.15) is 18.7 Å². The Labute approximate surface area is 120 Å². The van der Waals surface area contributed by atoms with Crippen LogP contribution in [-0.4, -0.2) is 39.3 Å². The summed E-state index contributed by atoms with van der Waals surface area (Å²) in [6.45, 7) is 3.06. The van der Waals surface area contributed by atoms with Gasteiger partial charge in [0.05, 0.1) is 22.4 Å². The van der Waals surface area contributed by atoms with Gasteiger partial charge < -0.3 is 5.32 Å². The highest BCUT2D eigenvalue weighted by atomic mass is 79.9. The second-order valence-corrected chi connectivity index (χ2v) is 7.30. The van der Waals surface area contributed by atoms with Crippen LogP contribution in [0.4, 0.5) is 0 Å². The van der Waals surface area contributed by atoms with Crippen LogP contribution in [0.5, 0.6) is 0 Å². The summed E-state index contributed by atoms with van der Waals surface area (Å²) >= 11 is 7.76. The molecule has 0 bridgehead atoms. The maximum atomic E-state index is 4.41. The topological polar surface area (TPSA) is 29.9 Å². The maximum Gasteiger partial charge on any atom is 0.0707 e. The van der Waals surface area contributed by atoms with Gasteiger partial charge in [-0.3, -0.25) is 4.68 Å². The van der Waals surface area contributed by atoms with E-state index in [-0.39, 0.29) is 0 Å². The van der Waals surface area contributed by atoms with E-state index in [2.05, 4.69) is 61.5 Å². The molecule has 3 nitrogen and oxygen atoms in total. The predicted octanol–water partition coefficient (Wildman–Crippen LogP) is 2.77. The van der Waals surface area contributed by atoms with Gasteiger partial charge in [0.2, 0.25) is 0 Å². The summed E-state index contributed by atoms with van der Waals surface area (Å²) in [5, 5.41) is 8.51. The van der Waals surface area contributed by atoms with E-state index < -0.39 is 0 Å². The summed E-state index contributed by atoms with van der Waals surface area (Å²) < 4.78 is 3.21. The fourth-order valence-corrected chi connectivity index (χ4v) is 5.55. The summed E-state index contributed by atoms with van der Waals surface area (Å²) in [4.78, 5) is 0. The van der Waals surface area contributed by atoms with Crippen LogP contribution >= 0.6 is 39.5 Å². The van der Waals surface area contributed by atoms with Crippen molar-refractivity contribution in [3.8, 4) is 0 Å². The SMILES string of the molecule is CCn1ncc(Br)c1C(NC)C1CSCCS1. The van der Waals surface area contributed by atoms with Crippen LogP contribution in [0.3, 0.4) is 0 Å². The van der Waals surface area contributed by atoms with Crippen LogP contribution in [0.15, 0.2) is 10.7 Å². The molecular weight excluding hydrogens is 318 g/mol. The Bertz CT molecular complexity index is 364. The van der Waals surface area contributed by atoms with E-state index in [1.807, 2.05) is 13.2 Å². The third-order valence-corrected chi connectivity index (χ3v) is 6.43. The van der Waals surface area contributed by atoms with Crippen molar-refractivity contribution in [1.82, 2.24) is 15.1 Å². The van der Waals surface area contributed by atoms with Crippen molar-refractivity contribution in [3.63, 3.8) is 0 Å². The number of hydrogen-bond donors (Lipinski definition) is 1. The number of aromatic nitrogens is 2. The molecule has 0 aromatic carbocycles.